The SMILES string of the molecule is CN(Cc1ccc(Nc2nccc(-c3ccc(OC4CCOCC4)c(C#N)c3)n2)cn1)S(C)(=O)=O. The van der Waals surface area contributed by atoms with Gasteiger partial charge >= 0.3 is 0 Å². The lowest BCUT2D eigenvalue weighted by Crippen LogP contribution is -2.26. The van der Waals surface area contributed by atoms with Crippen molar-refractivity contribution in [3.63, 3.8) is 0 Å². The Morgan fingerprint density at radius 2 is 2.00 bits per heavy atom. The molecule has 1 aromatic carbocycles. The molecule has 0 spiro atoms. The van der Waals surface area contributed by atoms with E-state index in [4.69, 9.17) is 9.47 Å². The van der Waals surface area contributed by atoms with E-state index in [1.54, 1.807) is 42.7 Å². The van der Waals surface area contributed by atoms with Crippen LogP contribution in [0.4, 0.5) is 11.6 Å². The maximum Gasteiger partial charge on any atom is 0.227 e. The number of sulfonamides is 1. The van der Waals surface area contributed by atoms with Gasteiger partial charge < -0.3 is 14.8 Å². The second kappa shape index (κ2) is 10.8. The van der Waals surface area contributed by atoms with E-state index in [2.05, 4.69) is 26.3 Å². The third kappa shape index (κ3) is 6.51. The van der Waals surface area contributed by atoms with Gasteiger partial charge in [0, 0.05) is 31.6 Å². The Morgan fingerprint density at radius 1 is 1.20 bits per heavy atom. The molecule has 35 heavy (non-hydrogen) atoms. The number of nitrogens with zero attached hydrogens (tertiary/aromatic N) is 5. The summed E-state index contributed by atoms with van der Waals surface area (Å²) in [7, 11) is -1.78. The number of pyridine rings is 1. The first-order valence-electron chi connectivity index (χ1n) is 11.1. The number of nitriles is 1. The smallest absolute Gasteiger partial charge is 0.227 e. The molecule has 1 N–H and O–H groups in total. The van der Waals surface area contributed by atoms with E-state index < -0.39 is 10.0 Å². The first kappa shape index (κ1) is 24.5. The van der Waals surface area contributed by atoms with Crippen molar-refractivity contribution in [1.29, 1.82) is 5.26 Å². The van der Waals surface area contributed by atoms with Gasteiger partial charge in [0.05, 0.1) is 54.8 Å². The van der Waals surface area contributed by atoms with E-state index in [0.717, 1.165) is 24.7 Å². The summed E-state index contributed by atoms with van der Waals surface area (Å²) >= 11 is 0. The number of hydrogen-bond donors (Lipinski definition) is 1. The van der Waals surface area contributed by atoms with Crippen LogP contribution in [0.3, 0.4) is 0 Å². The number of hydrogen-bond acceptors (Lipinski definition) is 9. The monoisotopic (exact) mass is 494 g/mol. The van der Waals surface area contributed by atoms with Crippen LogP contribution < -0.4 is 10.1 Å². The standard InChI is InChI=1S/C24H26N6O4S/c1-30(35(2,31)32)16-20-5-4-19(15-27-20)28-24-26-10-7-22(29-24)17-3-6-23(18(13-17)14-25)34-21-8-11-33-12-9-21/h3-7,10,13,15,21H,8-9,11-12,16H2,1-2H3,(H,26,28,29). The van der Waals surface area contributed by atoms with Crippen LogP contribution in [-0.2, 0) is 21.3 Å². The molecule has 11 heteroatoms. The molecule has 3 heterocycles. The first-order valence-corrected chi connectivity index (χ1v) is 12.9. The molecule has 0 saturated carbocycles. The van der Waals surface area contributed by atoms with Crippen LogP contribution in [0, 0.1) is 11.3 Å². The summed E-state index contributed by atoms with van der Waals surface area (Å²) in [6, 6.07) is 12.9. The lowest BCUT2D eigenvalue weighted by atomic mass is 10.1. The van der Waals surface area contributed by atoms with Gasteiger partial charge in [0.1, 0.15) is 17.9 Å². The molecule has 4 rings (SSSR count). The van der Waals surface area contributed by atoms with Gasteiger partial charge in [-0.1, -0.05) is 0 Å². The summed E-state index contributed by atoms with van der Waals surface area (Å²) in [6.07, 6.45) is 6.03. The normalized spacial score (nSPS) is 14.5. The van der Waals surface area contributed by atoms with Gasteiger partial charge in [-0.05, 0) is 36.4 Å². The Balaban J connectivity index is 1.46. The van der Waals surface area contributed by atoms with Crippen molar-refractivity contribution in [3.05, 3.63) is 60.0 Å². The van der Waals surface area contributed by atoms with Crippen molar-refractivity contribution in [2.45, 2.75) is 25.5 Å². The van der Waals surface area contributed by atoms with Crippen LogP contribution in [0.5, 0.6) is 5.75 Å². The van der Waals surface area contributed by atoms with E-state index in [0.29, 0.717) is 47.6 Å². The number of ether oxygens (including phenoxy) is 2. The topological polar surface area (TPSA) is 130 Å². The zero-order valence-corrected chi connectivity index (χ0v) is 20.3. The minimum Gasteiger partial charge on any atom is -0.489 e. The van der Waals surface area contributed by atoms with Crippen LogP contribution in [0.2, 0.25) is 0 Å². The third-order valence-corrected chi connectivity index (χ3v) is 6.81. The molecule has 3 aromatic rings. The Morgan fingerprint density at radius 3 is 2.69 bits per heavy atom. The zero-order chi connectivity index (χ0) is 24.8. The summed E-state index contributed by atoms with van der Waals surface area (Å²) in [5.41, 5.74) is 3.14. The average molecular weight is 495 g/mol. The summed E-state index contributed by atoms with van der Waals surface area (Å²) in [5, 5.41) is 12.7. The van der Waals surface area contributed by atoms with Crippen molar-refractivity contribution in [3.8, 4) is 23.1 Å². The average Bonchev–Trinajstić information content (AvgIpc) is 2.86. The molecule has 2 aromatic heterocycles. The van der Waals surface area contributed by atoms with Gasteiger partial charge in [0.15, 0.2) is 0 Å². The van der Waals surface area contributed by atoms with Crippen molar-refractivity contribution in [2.24, 2.45) is 0 Å². The molecule has 182 valence electrons. The lowest BCUT2D eigenvalue weighted by Gasteiger charge is -2.23. The molecule has 1 aliphatic heterocycles. The highest BCUT2D eigenvalue weighted by molar-refractivity contribution is 7.88. The highest BCUT2D eigenvalue weighted by atomic mass is 32.2. The Bertz CT molecular complexity index is 1320. The number of nitrogens with one attached hydrogen (secondary N) is 1. The predicted molar refractivity (Wildman–Crippen MR) is 130 cm³/mol. The quantitative estimate of drug-likeness (QED) is 0.502. The van der Waals surface area contributed by atoms with Crippen LogP contribution >= 0.6 is 0 Å². The molecule has 0 radical (unpaired) electrons. The summed E-state index contributed by atoms with van der Waals surface area (Å²) in [5.74, 6) is 0.926. The number of aromatic nitrogens is 3. The fourth-order valence-electron chi connectivity index (χ4n) is 3.50. The molecule has 10 nitrogen and oxygen atoms in total. The molecule has 0 atom stereocenters. The Labute approximate surface area is 204 Å². The molecule has 0 amide bonds. The Kier molecular flexibility index (Phi) is 7.55. The highest BCUT2D eigenvalue weighted by Gasteiger charge is 2.18. The molecule has 0 unspecified atom stereocenters. The minimum absolute atomic E-state index is 0.0447. The van der Waals surface area contributed by atoms with E-state index in [1.165, 1.54) is 11.4 Å². The second-order valence-corrected chi connectivity index (χ2v) is 10.3. The fraction of sp³-hybridized carbons (Fsp3) is 0.333. The molecular weight excluding hydrogens is 468 g/mol. The van der Waals surface area contributed by atoms with Crippen LogP contribution in [0.1, 0.15) is 24.1 Å². The minimum atomic E-state index is -3.28. The summed E-state index contributed by atoms with van der Waals surface area (Å²) in [4.78, 5) is 13.1. The van der Waals surface area contributed by atoms with E-state index >= 15 is 0 Å². The largest absolute Gasteiger partial charge is 0.489 e. The molecule has 1 fully saturated rings. The van der Waals surface area contributed by atoms with Crippen LogP contribution in [0.15, 0.2) is 48.8 Å². The van der Waals surface area contributed by atoms with Gasteiger partial charge in [-0.3, -0.25) is 4.98 Å². The molecule has 0 aliphatic carbocycles. The van der Waals surface area contributed by atoms with Gasteiger partial charge in [0.2, 0.25) is 16.0 Å². The van der Waals surface area contributed by atoms with Gasteiger partial charge in [-0.15, -0.1) is 0 Å². The van der Waals surface area contributed by atoms with Crippen molar-refractivity contribution < 1.29 is 17.9 Å². The van der Waals surface area contributed by atoms with Crippen LogP contribution in [-0.4, -0.2) is 60.3 Å². The van der Waals surface area contributed by atoms with Crippen molar-refractivity contribution in [2.75, 3.05) is 31.8 Å². The number of anilines is 2. The Hall–Kier alpha value is -3.59. The maximum atomic E-state index is 11.6. The number of benzene rings is 1. The molecule has 0 bridgehead atoms. The van der Waals surface area contributed by atoms with Crippen LogP contribution in [0.25, 0.3) is 11.3 Å². The number of rotatable bonds is 8. The van der Waals surface area contributed by atoms with Gasteiger partial charge in [-0.25, -0.2) is 18.4 Å². The van der Waals surface area contributed by atoms with E-state index in [-0.39, 0.29) is 12.6 Å². The van der Waals surface area contributed by atoms with E-state index in [1.807, 2.05) is 6.07 Å². The maximum absolute atomic E-state index is 11.6. The lowest BCUT2D eigenvalue weighted by molar-refractivity contribution is 0.0254. The fourth-order valence-corrected chi connectivity index (χ4v) is 3.87. The molecular formula is C24H26N6O4S. The molecule has 1 saturated heterocycles. The van der Waals surface area contributed by atoms with E-state index in [9.17, 15) is 13.7 Å². The summed E-state index contributed by atoms with van der Waals surface area (Å²) in [6.45, 7) is 1.51. The van der Waals surface area contributed by atoms with Gasteiger partial charge in [-0.2, -0.15) is 9.57 Å². The zero-order valence-electron chi connectivity index (χ0n) is 19.5. The van der Waals surface area contributed by atoms with Crippen molar-refractivity contribution in [1.82, 2.24) is 19.3 Å². The van der Waals surface area contributed by atoms with Gasteiger partial charge in [0.25, 0.3) is 0 Å². The first-order chi connectivity index (χ1) is 16.8. The predicted octanol–water partition coefficient (Wildman–Crippen LogP) is 3.10. The second-order valence-electron chi connectivity index (χ2n) is 8.20. The summed E-state index contributed by atoms with van der Waals surface area (Å²) < 4.78 is 35.8. The van der Waals surface area contributed by atoms with Crippen molar-refractivity contribution >= 4 is 21.7 Å². The third-order valence-electron chi connectivity index (χ3n) is 5.55. The highest BCUT2D eigenvalue weighted by Crippen LogP contribution is 2.28. The molecule has 1 aliphatic rings.